The van der Waals surface area contributed by atoms with Gasteiger partial charge in [-0.05, 0) is 24.7 Å². The molecule has 1 aliphatic carbocycles. The lowest BCUT2D eigenvalue weighted by Gasteiger charge is -2.21. The van der Waals surface area contributed by atoms with Gasteiger partial charge >= 0.3 is 0 Å². The van der Waals surface area contributed by atoms with Crippen molar-refractivity contribution < 1.29 is 0 Å². The van der Waals surface area contributed by atoms with Gasteiger partial charge in [0.15, 0.2) is 0 Å². The van der Waals surface area contributed by atoms with E-state index >= 15 is 0 Å². The van der Waals surface area contributed by atoms with Crippen LogP contribution in [0.1, 0.15) is 56.7 Å². The van der Waals surface area contributed by atoms with E-state index < -0.39 is 0 Å². The van der Waals surface area contributed by atoms with Crippen LogP contribution < -0.4 is 5.32 Å². The first kappa shape index (κ1) is 12.2. The van der Waals surface area contributed by atoms with Crippen molar-refractivity contribution >= 4 is 0 Å². The van der Waals surface area contributed by atoms with Gasteiger partial charge in [-0.25, -0.2) is 4.98 Å². The molecular formula is C15H25N3. The SMILES string of the molecule is CC(C)C(C)Cn1c(C2CC2)nc2c1CCNC2. The Morgan fingerprint density at radius 2 is 2.11 bits per heavy atom. The van der Waals surface area contributed by atoms with Gasteiger partial charge in [0.25, 0.3) is 0 Å². The van der Waals surface area contributed by atoms with E-state index in [9.17, 15) is 0 Å². The second kappa shape index (κ2) is 4.69. The van der Waals surface area contributed by atoms with E-state index in [1.807, 2.05) is 0 Å². The highest BCUT2D eigenvalue weighted by Gasteiger charge is 2.32. The third-order valence-corrected chi connectivity index (χ3v) is 4.57. The van der Waals surface area contributed by atoms with Crippen molar-refractivity contribution in [3.8, 4) is 0 Å². The summed E-state index contributed by atoms with van der Waals surface area (Å²) < 4.78 is 2.57. The third-order valence-electron chi connectivity index (χ3n) is 4.57. The molecule has 0 amide bonds. The molecule has 1 unspecified atom stereocenters. The van der Waals surface area contributed by atoms with Gasteiger partial charge in [-0.1, -0.05) is 20.8 Å². The number of nitrogens with one attached hydrogen (secondary N) is 1. The summed E-state index contributed by atoms with van der Waals surface area (Å²) in [5, 5.41) is 3.44. The summed E-state index contributed by atoms with van der Waals surface area (Å²) in [6.45, 7) is 10.3. The van der Waals surface area contributed by atoms with E-state index in [2.05, 4.69) is 30.7 Å². The fraction of sp³-hybridized carbons (Fsp3) is 0.800. The number of nitrogens with zero attached hydrogens (tertiary/aromatic N) is 2. The maximum Gasteiger partial charge on any atom is 0.112 e. The molecule has 100 valence electrons. The van der Waals surface area contributed by atoms with Crippen LogP contribution in [0.4, 0.5) is 0 Å². The molecule has 3 nitrogen and oxygen atoms in total. The number of hydrogen-bond acceptors (Lipinski definition) is 2. The first-order valence-electron chi connectivity index (χ1n) is 7.45. The Hall–Kier alpha value is -0.830. The van der Waals surface area contributed by atoms with Crippen molar-refractivity contribution in [1.82, 2.24) is 14.9 Å². The molecule has 1 N–H and O–H groups in total. The summed E-state index contributed by atoms with van der Waals surface area (Å²) in [7, 11) is 0. The summed E-state index contributed by atoms with van der Waals surface area (Å²) >= 11 is 0. The Morgan fingerprint density at radius 1 is 1.33 bits per heavy atom. The average Bonchev–Trinajstić information content (AvgIpc) is 3.13. The Morgan fingerprint density at radius 3 is 2.78 bits per heavy atom. The second-order valence-electron chi connectivity index (χ2n) is 6.40. The zero-order valence-corrected chi connectivity index (χ0v) is 11.9. The summed E-state index contributed by atoms with van der Waals surface area (Å²) in [6, 6.07) is 0. The van der Waals surface area contributed by atoms with Crippen LogP contribution in [0.5, 0.6) is 0 Å². The van der Waals surface area contributed by atoms with Gasteiger partial charge in [-0.15, -0.1) is 0 Å². The Labute approximate surface area is 110 Å². The molecule has 1 aromatic heterocycles. The molecule has 1 aliphatic heterocycles. The van der Waals surface area contributed by atoms with Crippen LogP contribution in [0.25, 0.3) is 0 Å². The minimum Gasteiger partial charge on any atom is -0.331 e. The first-order chi connectivity index (χ1) is 8.66. The fourth-order valence-electron chi connectivity index (χ4n) is 2.75. The minimum atomic E-state index is 0.732. The highest BCUT2D eigenvalue weighted by molar-refractivity contribution is 5.24. The quantitative estimate of drug-likeness (QED) is 0.886. The molecule has 3 rings (SSSR count). The fourth-order valence-corrected chi connectivity index (χ4v) is 2.75. The number of hydrogen-bond donors (Lipinski definition) is 1. The van der Waals surface area contributed by atoms with Crippen LogP contribution in [0.15, 0.2) is 0 Å². The first-order valence-corrected chi connectivity index (χ1v) is 7.45. The lowest BCUT2D eigenvalue weighted by molar-refractivity contribution is 0.354. The highest BCUT2D eigenvalue weighted by Crippen LogP contribution is 2.41. The van der Waals surface area contributed by atoms with Gasteiger partial charge in [-0.2, -0.15) is 0 Å². The molecular weight excluding hydrogens is 222 g/mol. The summed E-state index contributed by atoms with van der Waals surface area (Å²) in [4.78, 5) is 4.93. The molecule has 3 heteroatoms. The maximum absolute atomic E-state index is 4.93. The van der Waals surface area contributed by atoms with Gasteiger partial charge in [0.2, 0.25) is 0 Å². The topological polar surface area (TPSA) is 29.9 Å². The molecule has 1 aromatic rings. The average molecular weight is 247 g/mol. The molecule has 1 atom stereocenters. The summed E-state index contributed by atoms with van der Waals surface area (Å²) in [5.41, 5.74) is 2.84. The van der Waals surface area contributed by atoms with Crippen LogP contribution in [-0.2, 0) is 19.5 Å². The standard InChI is InChI=1S/C15H25N3/c1-10(2)11(3)9-18-14-6-7-16-8-13(14)17-15(18)12-4-5-12/h10-12,16H,4-9H2,1-3H3. The van der Waals surface area contributed by atoms with Crippen LogP contribution >= 0.6 is 0 Å². The Bertz CT molecular complexity index is 429. The molecule has 0 aromatic carbocycles. The summed E-state index contributed by atoms with van der Waals surface area (Å²) in [6.07, 6.45) is 3.85. The maximum atomic E-state index is 4.93. The van der Waals surface area contributed by atoms with Crippen molar-refractivity contribution in [3.05, 3.63) is 17.2 Å². The van der Waals surface area contributed by atoms with E-state index in [-0.39, 0.29) is 0 Å². The van der Waals surface area contributed by atoms with Gasteiger partial charge in [0, 0.05) is 37.7 Å². The van der Waals surface area contributed by atoms with Gasteiger partial charge in [-0.3, -0.25) is 0 Å². The van der Waals surface area contributed by atoms with Crippen molar-refractivity contribution in [2.75, 3.05) is 6.54 Å². The third kappa shape index (κ3) is 2.20. The highest BCUT2D eigenvalue weighted by atomic mass is 15.1. The number of imidazole rings is 1. The molecule has 18 heavy (non-hydrogen) atoms. The molecule has 0 spiro atoms. The van der Waals surface area contributed by atoms with Crippen LogP contribution in [0.3, 0.4) is 0 Å². The van der Waals surface area contributed by atoms with E-state index in [0.29, 0.717) is 0 Å². The number of fused-ring (bicyclic) bond motifs is 1. The van der Waals surface area contributed by atoms with Crippen molar-refractivity contribution in [2.24, 2.45) is 11.8 Å². The van der Waals surface area contributed by atoms with Crippen molar-refractivity contribution in [3.63, 3.8) is 0 Å². The predicted octanol–water partition coefficient (Wildman–Crippen LogP) is 2.70. The van der Waals surface area contributed by atoms with Gasteiger partial charge < -0.3 is 9.88 Å². The van der Waals surface area contributed by atoms with Crippen LogP contribution in [0.2, 0.25) is 0 Å². The molecule has 2 heterocycles. The number of aromatic nitrogens is 2. The molecule has 0 bridgehead atoms. The number of rotatable bonds is 4. The Kier molecular flexibility index (Phi) is 3.18. The lowest BCUT2D eigenvalue weighted by atomic mass is 9.97. The van der Waals surface area contributed by atoms with Gasteiger partial charge in [0.05, 0.1) is 5.69 Å². The molecule has 2 aliphatic rings. The molecule has 0 radical (unpaired) electrons. The predicted molar refractivity (Wildman–Crippen MR) is 73.6 cm³/mol. The minimum absolute atomic E-state index is 0.732. The molecule has 0 saturated heterocycles. The molecule has 1 saturated carbocycles. The van der Waals surface area contributed by atoms with Crippen molar-refractivity contribution in [2.45, 2.75) is 59.0 Å². The van der Waals surface area contributed by atoms with Crippen LogP contribution in [-0.4, -0.2) is 16.1 Å². The Balaban J connectivity index is 1.91. The lowest BCUT2D eigenvalue weighted by Crippen LogP contribution is -2.26. The summed E-state index contributed by atoms with van der Waals surface area (Å²) in [5.74, 6) is 3.62. The van der Waals surface area contributed by atoms with E-state index in [0.717, 1.165) is 43.8 Å². The van der Waals surface area contributed by atoms with E-state index in [1.165, 1.54) is 30.1 Å². The van der Waals surface area contributed by atoms with Crippen molar-refractivity contribution in [1.29, 1.82) is 0 Å². The van der Waals surface area contributed by atoms with E-state index in [4.69, 9.17) is 4.98 Å². The molecule has 1 fully saturated rings. The van der Waals surface area contributed by atoms with Gasteiger partial charge in [0.1, 0.15) is 5.82 Å². The smallest absolute Gasteiger partial charge is 0.112 e. The zero-order chi connectivity index (χ0) is 12.7. The monoisotopic (exact) mass is 247 g/mol. The zero-order valence-electron chi connectivity index (χ0n) is 11.9. The van der Waals surface area contributed by atoms with Crippen LogP contribution in [0, 0.1) is 11.8 Å². The van der Waals surface area contributed by atoms with E-state index in [1.54, 1.807) is 0 Å². The second-order valence-corrected chi connectivity index (χ2v) is 6.40. The largest absolute Gasteiger partial charge is 0.331 e. The normalized spacial score (nSPS) is 21.1.